The molecule has 1 unspecified atom stereocenters. The van der Waals surface area contributed by atoms with E-state index >= 15 is 0 Å². The van der Waals surface area contributed by atoms with Crippen LogP contribution in [0.25, 0.3) is 0 Å². The third-order valence-corrected chi connectivity index (χ3v) is 5.41. The van der Waals surface area contributed by atoms with E-state index < -0.39 is 0 Å². The fraction of sp³-hybridized carbons (Fsp3) is 0.684. The van der Waals surface area contributed by atoms with Crippen LogP contribution < -0.4 is 0 Å². The third kappa shape index (κ3) is 7.37. The molecule has 1 aromatic rings. The van der Waals surface area contributed by atoms with E-state index in [1.54, 1.807) is 0 Å². The van der Waals surface area contributed by atoms with Crippen LogP contribution in [0.5, 0.6) is 0 Å². The highest BCUT2D eigenvalue weighted by Gasteiger charge is 2.22. The van der Waals surface area contributed by atoms with Crippen molar-refractivity contribution in [3.63, 3.8) is 0 Å². The Balaban J connectivity index is 2.28. The zero-order valence-corrected chi connectivity index (χ0v) is 15.1. The number of benzene rings is 1. The maximum Gasteiger partial charge on any atom is 0.0878 e. The predicted molar refractivity (Wildman–Crippen MR) is 98.1 cm³/mol. The van der Waals surface area contributed by atoms with Crippen LogP contribution in [-0.2, 0) is 6.42 Å². The van der Waals surface area contributed by atoms with Crippen molar-refractivity contribution in [3.8, 4) is 0 Å². The van der Waals surface area contributed by atoms with Gasteiger partial charge in [-0.3, -0.25) is 0 Å². The SMILES string of the molecule is CCCC[N+](CC)(CCC)CCSCCc1ccccc1. The fourth-order valence-electron chi connectivity index (χ4n) is 2.97. The normalized spacial score (nSPS) is 14.0. The number of rotatable bonds is 12. The lowest BCUT2D eigenvalue weighted by atomic mass is 10.2. The smallest absolute Gasteiger partial charge is 0.0878 e. The molecular weight excluding hydrogens is 274 g/mol. The average Bonchev–Trinajstić information content (AvgIpc) is 2.53. The molecule has 0 radical (unpaired) electrons. The van der Waals surface area contributed by atoms with Crippen molar-refractivity contribution in [3.05, 3.63) is 35.9 Å². The molecule has 1 nitrogen and oxygen atoms in total. The summed E-state index contributed by atoms with van der Waals surface area (Å²) in [6, 6.07) is 10.9. The number of hydrogen-bond acceptors (Lipinski definition) is 1. The standard InChI is InChI=1S/C19H34NS/c1-4-7-15-20(6-3,14-5-2)16-18-21-17-13-19-11-9-8-10-12-19/h8-12H,4-7,13-18H2,1-3H3/q+1. The van der Waals surface area contributed by atoms with E-state index in [0.29, 0.717) is 0 Å². The maximum absolute atomic E-state index is 2.37. The van der Waals surface area contributed by atoms with E-state index in [2.05, 4.69) is 62.9 Å². The molecule has 0 saturated heterocycles. The van der Waals surface area contributed by atoms with E-state index in [0.717, 1.165) is 0 Å². The number of quaternary nitrogens is 1. The number of thioether (sulfide) groups is 1. The molecule has 21 heavy (non-hydrogen) atoms. The summed E-state index contributed by atoms with van der Waals surface area (Å²) in [6.07, 6.45) is 5.22. The first-order valence-electron chi connectivity index (χ1n) is 8.73. The van der Waals surface area contributed by atoms with Crippen molar-refractivity contribution >= 4 is 11.8 Å². The van der Waals surface area contributed by atoms with Crippen molar-refractivity contribution in [2.75, 3.05) is 37.7 Å². The molecule has 0 aliphatic carbocycles. The van der Waals surface area contributed by atoms with Gasteiger partial charge in [0.25, 0.3) is 0 Å². The van der Waals surface area contributed by atoms with Gasteiger partial charge in [-0.05, 0) is 37.5 Å². The lowest BCUT2D eigenvalue weighted by Gasteiger charge is -2.38. The van der Waals surface area contributed by atoms with Crippen LogP contribution in [0.1, 0.15) is 45.6 Å². The van der Waals surface area contributed by atoms with Crippen molar-refractivity contribution in [1.29, 1.82) is 0 Å². The zero-order valence-electron chi connectivity index (χ0n) is 14.3. The van der Waals surface area contributed by atoms with E-state index in [1.807, 2.05) is 0 Å². The molecule has 0 amide bonds. The first-order valence-corrected chi connectivity index (χ1v) is 9.88. The average molecular weight is 309 g/mol. The highest BCUT2D eigenvalue weighted by Crippen LogP contribution is 2.14. The summed E-state index contributed by atoms with van der Waals surface area (Å²) in [4.78, 5) is 0. The van der Waals surface area contributed by atoms with Gasteiger partial charge < -0.3 is 4.48 Å². The lowest BCUT2D eigenvalue weighted by Crippen LogP contribution is -2.50. The molecule has 1 atom stereocenters. The Morgan fingerprint density at radius 2 is 1.62 bits per heavy atom. The van der Waals surface area contributed by atoms with Crippen molar-refractivity contribution in [2.45, 2.75) is 46.5 Å². The van der Waals surface area contributed by atoms with E-state index in [9.17, 15) is 0 Å². The Hall–Kier alpha value is -0.470. The second-order valence-electron chi connectivity index (χ2n) is 6.03. The van der Waals surface area contributed by atoms with E-state index in [1.165, 1.54) is 73.4 Å². The molecule has 0 bridgehead atoms. The minimum Gasteiger partial charge on any atom is -0.323 e. The molecule has 0 heterocycles. The van der Waals surface area contributed by atoms with Crippen molar-refractivity contribution in [1.82, 2.24) is 0 Å². The van der Waals surface area contributed by atoms with Gasteiger partial charge in [0.2, 0.25) is 0 Å². The van der Waals surface area contributed by atoms with Gasteiger partial charge in [-0.1, -0.05) is 50.6 Å². The number of hydrogen-bond donors (Lipinski definition) is 0. The second kappa shape index (κ2) is 11.1. The van der Waals surface area contributed by atoms with E-state index in [-0.39, 0.29) is 0 Å². The number of aryl methyl sites for hydroxylation is 1. The molecule has 0 aliphatic heterocycles. The monoisotopic (exact) mass is 308 g/mol. The van der Waals surface area contributed by atoms with Gasteiger partial charge in [-0.2, -0.15) is 11.8 Å². The van der Waals surface area contributed by atoms with Crippen LogP contribution in [0.4, 0.5) is 0 Å². The van der Waals surface area contributed by atoms with Gasteiger partial charge in [0.15, 0.2) is 0 Å². The summed E-state index contributed by atoms with van der Waals surface area (Å²) in [7, 11) is 0. The minimum atomic E-state index is 1.21. The molecule has 0 aromatic heterocycles. The molecule has 0 aliphatic rings. The van der Waals surface area contributed by atoms with Crippen LogP contribution in [0.2, 0.25) is 0 Å². The van der Waals surface area contributed by atoms with Gasteiger partial charge in [0.1, 0.15) is 0 Å². The largest absolute Gasteiger partial charge is 0.323 e. The van der Waals surface area contributed by atoms with Crippen LogP contribution in [-0.4, -0.2) is 42.2 Å². The fourth-order valence-corrected chi connectivity index (χ4v) is 4.07. The predicted octanol–water partition coefficient (Wildman–Crippen LogP) is 5.01. The summed E-state index contributed by atoms with van der Waals surface area (Å²) in [5, 5.41) is 0. The first-order chi connectivity index (χ1) is 10.3. The molecule has 1 rings (SSSR count). The van der Waals surface area contributed by atoms with Crippen LogP contribution in [0, 0.1) is 0 Å². The molecule has 0 fully saturated rings. The third-order valence-electron chi connectivity index (χ3n) is 4.44. The molecule has 0 saturated carbocycles. The van der Waals surface area contributed by atoms with Crippen molar-refractivity contribution in [2.24, 2.45) is 0 Å². The van der Waals surface area contributed by atoms with Crippen LogP contribution in [0.15, 0.2) is 30.3 Å². The molecule has 0 N–H and O–H groups in total. The van der Waals surface area contributed by atoms with Gasteiger partial charge >= 0.3 is 0 Å². The van der Waals surface area contributed by atoms with Gasteiger partial charge in [0.05, 0.1) is 26.2 Å². The summed E-state index contributed by atoms with van der Waals surface area (Å²) >= 11 is 2.13. The van der Waals surface area contributed by atoms with Crippen LogP contribution in [0.3, 0.4) is 0 Å². The van der Waals surface area contributed by atoms with E-state index in [4.69, 9.17) is 0 Å². The zero-order chi connectivity index (χ0) is 15.4. The Morgan fingerprint density at radius 3 is 2.24 bits per heavy atom. The number of nitrogens with zero attached hydrogens (tertiary/aromatic N) is 1. The lowest BCUT2D eigenvalue weighted by molar-refractivity contribution is -0.924. The Morgan fingerprint density at radius 1 is 0.857 bits per heavy atom. The maximum atomic E-state index is 2.37. The van der Waals surface area contributed by atoms with Gasteiger partial charge in [-0.15, -0.1) is 0 Å². The first kappa shape index (κ1) is 18.6. The Labute approximate surface area is 136 Å². The van der Waals surface area contributed by atoms with Crippen LogP contribution >= 0.6 is 11.8 Å². The molecule has 120 valence electrons. The summed E-state index contributed by atoms with van der Waals surface area (Å²) in [5.74, 6) is 2.57. The summed E-state index contributed by atoms with van der Waals surface area (Å²) in [5.41, 5.74) is 1.47. The van der Waals surface area contributed by atoms with Crippen molar-refractivity contribution < 1.29 is 4.48 Å². The topological polar surface area (TPSA) is 0 Å². The molecule has 2 heteroatoms. The quantitative estimate of drug-likeness (QED) is 0.386. The van der Waals surface area contributed by atoms with Gasteiger partial charge in [-0.25, -0.2) is 0 Å². The molecular formula is C19H34NS+. The molecule has 0 spiro atoms. The Kier molecular flexibility index (Phi) is 9.86. The highest BCUT2D eigenvalue weighted by molar-refractivity contribution is 7.99. The summed E-state index contributed by atoms with van der Waals surface area (Å²) < 4.78 is 1.34. The number of unbranched alkanes of at least 4 members (excludes halogenated alkanes) is 1. The summed E-state index contributed by atoms with van der Waals surface area (Å²) in [6.45, 7) is 12.4. The van der Waals surface area contributed by atoms with Gasteiger partial charge in [0, 0.05) is 5.75 Å². The molecule has 1 aromatic carbocycles. The highest BCUT2D eigenvalue weighted by atomic mass is 32.2. The second-order valence-corrected chi connectivity index (χ2v) is 7.25. The minimum absolute atomic E-state index is 1.21. The Bertz CT molecular complexity index is 352.